The molecule has 23 heavy (non-hydrogen) atoms. The molecule has 0 fully saturated rings. The molecule has 5 nitrogen and oxygen atoms in total. The van der Waals surface area contributed by atoms with Gasteiger partial charge in [0, 0.05) is 17.5 Å². The minimum atomic E-state index is -0.274. The summed E-state index contributed by atoms with van der Waals surface area (Å²) in [7, 11) is 0. The summed E-state index contributed by atoms with van der Waals surface area (Å²) in [4.78, 5) is 8.53. The van der Waals surface area contributed by atoms with Gasteiger partial charge in [0.25, 0.3) is 0 Å². The maximum Gasteiger partial charge on any atom is 0.231 e. The standard InChI is InChI=1S/C17H16FN3O2/c1-9-10(2)23-17-15(9)16(19-8-20-17)21-13-5-6-22-14-4-3-11(18)7-12(13)14/h3-4,7-8,13H,5-6H2,1-2H3,(H,19,20,21). The molecule has 3 aromatic rings. The minimum Gasteiger partial charge on any atom is -0.493 e. The maximum atomic E-state index is 13.6. The summed E-state index contributed by atoms with van der Waals surface area (Å²) >= 11 is 0. The normalized spacial score (nSPS) is 16.9. The van der Waals surface area contributed by atoms with E-state index in [0.717, 1.165) is 28.7 Å². The molecule has 1 atom stereocenters. The van der Waals surface area contributed by atoms with E-state index in [0.29, 0.717) is 23.9 Å². The van der Waals surface area contributed by atoms with Crippen molar-refractivity contribution in [2.24, 2.45) is 0 Å². The van der Waals surface area contributed by atoms with Crippen molar-refractivity contribution in [3.8, 4) is 5.75 Å². The Morgan fingerprint density at radius 1 is 1.26 bits per heavy atom. The molecular formula is C17H16FN3O2. The number of nitrogens with zero attached hydrogens (tertiary/aromatic N) is 2. The Bertz CT molecular complexity index is 891. The first-order valence-electron chi connectivity index (χ1n) is 7.53. The number of ether oxygens (including phenoxy) is 1. The zero-order chi connectivity index (χ0) is 16.0. The molecule has 0 saturated carbocycles. The quantitative estimate of drug-likeness (QED) is 0.777. The minimum absolute atomic E-state index is 0.0674. The largest absolute Gasteiger partial charge is 0.493 e. The highest BCUT2D eigenvalue weighted by Crippen LogP contribution is 2.36. The zero-order valence-electron chi connectivity index (χ0n) is 12.9. The van der Waals surface area contributed by atoms with Crippen molar-refractivity contribution in [2.45, 2.75) is 26.3 Å². The van der Waals surface area contributed by atoms with Gasteiger partial charge >= 0.3 is 0 Å². The van der Waals surface area contributed by atoms with Crippen LogP contribution in [-0.2, 0) is 0 Å². The summed E-state index contributed by atoms with van der Waals surface area (Å²) in [5.41, 5.74) is 2.37. The third kappa shape index (κ3) is 2.30. The predicted octanol–water partition coefficient (Wildman–Crippen LogP) is 3.91. The summed E-state index contributed by atoms with van der Waals surface area (Å²) in [5.74, 6) is 1.96. The highest BCUT2D eigenvalue weighted by Gasteiger charge is 2.24. The number of halogens is 1. The molecule has 0 amide bonds. The first kappa shape index (κ1) is 14.0. The van der Waals surface area contributed by atoms with E-state index in [4.69, 9.17) is 9.15 Å². The third-order valence-electron chi connectivity index (χ3n) is 4.29. The summed E-state index contributed by atoms with van der Waals surface area (Å²) in [6.45, 7) is 4.46. The number of furan rings is 1. The molecule has 1 unspecified atom stereocenters. The molecule has 0 aliphatic carbocycles. The average Bonchev–Trinajstić information content (AvgIpc) is 2.84. The van der Waals surface area contributed by atoms with Gasteiger partial charge in [0.1, 0.15) is 29.5 Å². The Morgan fingerprint density at radius 2 is 2.13 bits per heavy atom. The Labute approximate surface area is 132 Å². The van der Waals surface area contributed by atoms with Gasteiger partial charge < -0.3 is 14.5 Å². The lowest BCUT2D eigenvalue weighted by Crippen LogP contribution is -2.21. The fourth-order valence-corrected chi connectivity index (χ4v) is 2.97. The second kappa shape index (κ2) is 5.22. The zero-order valence-corrected chi connectivity index (χ0v) is 12.9. The van der Waals surface area contributed by atoms with E-state index in [9.17, 15) is 4.39 Å². The fourth-order valence-electron chi connectivity index (χ4n) is 2.97. The summed E-state index contributed by atoms with van der Waals surface area (Å²) in [5, 5.41) is 4.27. The van der Waals surface area contributed by atoms with Crippen LogP contribution in [-0.4, -0.2) is 16.6 Å². The van der Waals surface area contributed by atoms with E-state index in [1.165, 1.54) is 18.5 Å². The molecule has 0 radical (unpaired) electrons. The monoisotopic (exact) mass is 313 g/mol. The first-order valence-corrected chi connectivity index (χ1v) is 7.53. The van der Waals surface area contributed by atoms with Gasteiger partial charge in [-0.05, 0) is 32.0 Å². The molecule has 4 rings (SSSR count). The van der Waals surface area contributed by atoms with Gasteiger partial charge in [-0.15, -0.1) is 0 Å². The van der Waals surface area contributed by atoms with Crippen LogP contribution in [0.3, 0.4) is 0 Å². The van der Waals surface area contributed by atoms with Crippen molar-refractivity contribution >= 4 is 16.9 Å². The molecule has 2 aromatic heterocycles. The Kier molecular flexibility index (Phi) is 3.18. The van der Waals surface area contributed by atoms with E-state index in [1.807, 2.05) is 13.8 Å². The number of nitrogens with one attached hydrogen (secondary N) is 1. The lowest BCUT2D eigenvalue weighted by molar-refractivity contribution is 0.273. The number of aromatic nitrogens is 2. The second-order valence-corrected chi connectivity index (χ2v) is 5.70. The van der Waals surface area contributed by atoms with Gasteiger partial charge in [0.2, 0.25) is 5.71 Å². The molecule has 6 heteroatoms. The number of rotatable bonds is 2. The lowest BCUT2D eigenvalue weighted by atomic mass is 10.00. The van der Waals surface area contributed by atoms with Crippen LogP contribution in [0.15, 0.2) is 28.9 Å². The smallest absolute Gasteiger partial charge is 0.231 e. The Hall–Kier alpha value is -2.63. The summed E-state index contributed by atoms with van der Waals surface area (Å²) in [6, 6.07) is 4.52. The summed E-state index contributed by atoms with van der Waals surface area (Å²) < 4.78 is 24.8. The van der Waals surface area contributed by atoms with Crippen molar-refractivity contribution in [2.75, 3.05) is 11.9 Å². The van der Waals surface area contributed by atoms with Gasteiger partial charge in [0.15, 0.2) is 0 Å². The maximum absolute atomic E-state index is 13.6. The van der Waals surface area contributed by atoms with E-state index >= 15 is 0 Å². The van der Waals surface area contributed by atoms with E-state index < -0.39 is 0 Å². The van der Waals surface area contributed by atoms with Gasteiger partial charge in [-0.25, -0.2) is 14.4 Å². The van der Waals surface area contributed by atoms with Gasteiger partial charge in [0.05, 0.1) is 18.0 Å². The SMILES string of the molecule is Cc1oc2ncnc(NC3CCOc4ccc(F)cc43)c2c1C. The average molecular weight is 313 g/mol. The van der Waals surface area contributed by atoms with Crippen LogP contribution < -0.4 is 10.1 Å². The number of fused-ring (bicyclic) bond motifs is 2. The molecule has 118 valence electrons. The summed E-state index contributed by atoms with van der Waals surface area (Å²) in [6.07, 6.45) is 2.21. The van der Waals surface area contributed by atoms with Crippen molar-refractivity contribution < 1.29 is 13.5 Å². The highest BCUT2D eigenvalue weighted by atomic mass is 19.1. The number of benzene rings is 1. The van der Waals surface area contributed by atoms with Crippen molar-refractivity contribution in [3.63, 3.8) is 0 Å². The first-order chi connectivity index (χ1) is 11.1. The van der Waals surface area contributed by atoms with Crippen molar-refractivity contribution in [1.82, 2.24) is 9.97 Å². The van der Waals surface area contributed by atoms with Gasteiger partial charge in [-0.1, -0.05) is 0 Å². The van der Waals surface area contributed by atoms with Gasteiger partial charge in [-0.2, -0.15) is 0 Å². The number of hydrogen-bond donors (Lipinski definition) is 1. The number of aryl methyl sites for hydroxylation is 2. The van der Waals surface area contributed by atoms with Crippen LogP contribution >= 0.6 is 0 Å². The Morgan fingerprint density at radius 3 is 3.00 bits per heavy atom. The van der Waals surface area contributed by atoms with Crippen LogP contribution in [0.4, 0.5) is 10.2 Å². The molecule has 1 aromatic carbocycles. The Balaban J connectivity index is 1.77. The van der Waals surface area contributed by atoms with Gasteiger partial charge in [-0.3, -0.25) is 0 Å². The molecule has 0 bridgehead atoms. The topological polar surface area (TPSA) is 60.2 Å². The van der Waals surface area contributed by atoms with Crippen LogP contribution in [0.2, 0.25) is 0 Å². The van der Waals surface area contributed by atoms with Crippen LogP contribution in [0, 0.1) is 19.7 Å². The van der Waals surface area contributed by atoms with Crippen molar-refractivity contribution in [3.05, 3.63) is 47.2 Å². The molecule has 1 N–H and O–H groups in total. The van der Waals surface area contributed by atoms with Crippen LogP contribution in [0.25, 0.3) is 11.1 Å². The van der Waals surface area contributed by atoms with Crippen molar-refractivity contribution in [1.29, 1.82) is 0 Å². The molecule has 1 aliphatic heterocycles. The molecule has 0 spiro atoms. The van der Waals surface area contributed by atoms with E-state index in [1.54, 1.807) is 6.07 Å². The molecule has 0 saturated heterocycles. The fraction of sp³-hybridized carbons (Fsp3) is 0.294. The third-order valence-corrected chi connectivity index (χ3v) is 4.29. The van der Waals surface area contributed by atoms with Crippen LogP contribution in [0.5, 0.6) is 5.75 Å². The molecule has 3 heterocycles. The number of anilines is 1. The number of hydrogen-bond acceptors (Lipinski definition) is 5. The molecule has 1 aliphatic rings. The van der Waals surface area contributed by atoms with E-state index in [2.05, 4.69) is 15.3 Å². The molecular weight excluding hydrogens is 297 g/mol. The van der Waals surface area contributed by atoms with E-state index in [-0.39, 0.29) is 11.9 Å². The predicted molar refractivity (Wildman–Crippen MR) is 84.2 cm³/mol. The second-order valence-electron chi connectivity index (χ2n) is 5.70. The highest BCUT2D eigenvalue weighted by molar-refractivity contribution is 5.89. The van der Waals surface area contributed by atoms with Crippen LogP contribution in [0.1, 0.15) is 29.3 Å². The lowest BCUT2D eigenvalue weighted by Gasteiger charge is -2.27.